The lowest BCUT2D eigenvalue weighted by Gasteiger charge is -2.18. The highest BCUT2D eigenvalue weighted by molar-refractivity contribution is 9.10. The second-order valence-electron chi connectivity index (χ2n) is 6.29. The van der Waals surface area contributed by atoms with Crippen molar-refractivity contribution >= 4 is 26.9 Å². The first kappa shape index (κ1) is 16.9. The van der Waals surface area contributed by atoms with Crippen LogP contribution in [0.15, 0.2) is 56.1 Å². The van der Waals surface area contributed by atoms with Crippen LogP contribution in [-0.4, -0.2) is 11.9 Å². The molecule has 0 aliphatic rings. The van der Waals surface area contributed by atoms with Crippen LogP contribution in [0, 0.1) is 13.8 Å². The van der Waals surface area contributed by atoms with E-state index in [1.807, 2.05) is 31.2 Å². The lowest BCUT2D eigenvalue weighted by molar-refractivity contribution is 0.319. The standard InChI is InChI=1S/C20H20BrNO2/c1-13-8-17-16(10-20(23)24-19(17)9-14(13)2)12-22(3)11-15-6-4-5-7-18(15)21/h4-10H,11-12H2,1-3H3. The van der Waals surface area contributed by atoms with Gasteiger partial charge in [-0.25, -0.2) is 4.79 Å². The number of nitrogens with zero attached hydrogens (tertiary/aromatic N) is 1. The molecule has 3 rings (SSSR count). The molecule has 4 heteroatoms. The fraction of sp³-hybridized carbons (Fsp3) is 0.250. The molecule has 0 unspecified atom stereocenters. The second-order valence-corrected chi connectivity index (χ2v) is 7.14. The van der Waals surface area contributed by atoms with Gasteiger partial charge in [-0.2, -0.15) is 0 Å². The fourth-order valence-electron chi connectivity index (χ4n) is 2.88. The third kappa shape index (κ3) is 3.60. The molecule has 2 aromatic carbocycles. The Labute approximate surface area is 150 Å². The van der Waals surface area contributed by atoms with Crippen LogP contribution in [0.2, 0.25) is 0 Å². The van der Waals surface area contributed by atoms with Gasteiger partial charge in [-0.3, -0.25) is 4.90 Å². The van der Waals surface area contributed by atoms with Gasteiger partial charge >= 0.3 is 5.63 Å². The number of hydrogen-bond donors (Lipinski definition) is 0. The Balaban J connectivity index is 1.93. The molecular weight excluding hydrogens is 366 g/mol. The van der Waals surface area contributed by atoms with Crippen LogP contribution in [0.3, 0.4) is 0 Å². The highest BCUT2D eigenvalue weighted by Gasteiger charge is 2.11. The summed E-state index contributed by atoms with van der Waals surface area (Å²) in [5.74, 6) is 0. The molecule has 0 N–H and O–H groups in total. The number of halogens is 1. The van der Waals surface area contributed by atoms with Crippen molar-refractivity contribution in [1.82, 2.24) is 4.90 Å². The van der Waals surface area contributed by atoms with Crippen LogP contribution in [0.5, 0.6) is 0 Å². The van der Waals surface area contributed by atoms with Crippen molar-refractivity contribution in [3.05, 3.63) is 79.6 Å². The van der Waals surface area contributed by atoms with Crippen molar-refractivity contribution in [3.63, 3.8) is 0 Å². The molecule has 0 bridgehead atoms. The maximum absolute atomic E-state index is 11.9. The van der Waals surface area contributed by atoms with E-state index in [0.29, 0.717) is 12.1 Å². The fourth-order valence-corrected chi connectivity index (χ4v) is 3.29. The normalized spacial score (nSPS) is 11.4. The SMILES string of the molecule is Cc1cc2oc(=O)cc(CN(C)Cc3ccccc3Br)c2cc1C. The minimum absolute atomic E-state index is 0.296. The summed E-state index contributed by atoms with van der Waals surface area (Å²) >= 11 is 3.59. The topological polar surface area (TPSA) is 33.5 Å². The monoisotopic (exact) mass is 385 g/mol. The van der Waals surface area contributed by atoms with Crippen molar-refractivity contribution in [3.8, 4) is 0 Å². The van der Waals surface area contributed by atoms with E-state index in [0.717, 1.165) is 27.5 Å². The van der Waals surface area contributed by atoms with Gasteiger partial charge in [-0.1, -0.05) is 34.1 Å². The summed E-state index contributed by atoms with van der Waals surface area (Å²) < 4.78 is 6.47. The average molecular weight is 386 g/mol. The molecule has 0 fully saturated rings. The lowest BCUT2D eigenvalue weighted by atomic mass is 10.0. The average Bonchev–Trinajstić information content (AvgIpc) is 2.51. The molecular formula is C20H20BrNO2. The van der Waals surface area contributed by atoms with E-state index < -0.39 is 0 Å². The van der Waals surface area contributed by atoms with Crippen molar-refractivity contribution < 1.29 is 4.42 Å². The van der Waals surface area contributed by atoms with Gasteiger partial charge in [0.25, 0.3) is 0 Å². The highest BCUT2D eigenvalue weighted by atomic mass is 79.9. The van der Waals surface area contributed by atoms with Gasteiger partial charge in [-0.05, 0) is 61.3 Å². The largest absolute Gasteiger partial charge is 0.423 e. The van der Waals surface area contributed by atoms with Gasteiger partial charge in [-0.15, -0.1) is 0 Å². The molecule has 0 saturated heterocycles. The molecule has 0 saturated carbocycles. The Kier molecular flexibility index (Phi) is 4.88. The van der Waals surface area contributed by atoms with E-state index in [4.69, 9.17) is 4.42 Å². The van der Waals surface area contributed by atoms with Gasteiger partial charge in [0.1, 0.15) is 5.58 Å². The van der Waals surface area contributed by atoms with Crippen LogP contribution in [0.1, 0.15) is 22.3 Å². The zero-order valence-corrected chi connectivity index (χ0v) is 15.7. The number of hydrogen-bond acceptors (Lipinski definition) is 3. The summed E-state index contributed by atoms with van der Waals surface area (Å²) in [7, 11) is 2.06. The van der Waals surface area contributed by atoms with Gasteiger partial charge < -0.3 is 4.42 Å². The molecule has 0 amide bonds. The molecule has 0 aliphatic carbocycles. The maximum Gasteiger partial charge on any atom is 0.336 e. The molecule has 0 spiro atoms. The number of benzene rings is 2. The molecule has 3 aromatic rings. The second kappa shape index (κ2) is 6.91. The molecule has 3 nitrogen and oxygen atoms in total. The number of rotatable bonds is 4. The predicted octanol–water partition coefficient (Wildman–Crippen LogP) is 4.80. The third-order valence-corrected chi connectivity index (χ3v) is 5.06. The van der Waals surface area contributed by atoms with Crippen LogP contribution < -0.4 is 5.63 Å². The van der Waals surface area contributed by atoms with Crippen LogP contribution >= 0.6 is 15.9 Å². The number of fused-ring (bicyclic) bond motifs is 1. The van der Waals surface area contributed by atoms with E-state index in [9.17, 15) is 4.79 Å². The summed E-state index contributed by atoms with van der Waals surface area (Å²) in [6.45, 7) is 5.59. The molecule has 24 heavy (non-hydrogen) atoms. The predicted molar refractivity (Wildman–Crippen MR) is 101 cm³/mol. The maximum atomic E-state index is 11.9. The quantitative estimate of drug-likeness (QED) is 0.604. The Morgan fingerprint density at radius 3 is 2.42 bits per heavy atom. The highest BCUT2D eigenvalue weighted by Crippen LogP contribution is 2.23. The Morgan fingerprint density at radius 1 is 1.00 bits per heavy atom. The Bertz CT molecular complexity index is 946. The Morgan fingerprint density at radius 2 is 1.67 bits per heavy atom. The van der Waals surface area contributed by atoms with Gasteiger partial charge in [0, 0.05) is 29.0 Å². The van der Waals surface area contributed by atoms with E-state index in [1.165, 1.54) is 11.1 Å². The minimum Gasteiger partial charge on any atom is -0.423 e. The minimum atomic E-state index is -0.296. The molecule has 1 heterocycles. The third-order valence-electron chi connectivity index (χ3n) is 4.28. The summed E-state index contributed by atoms with van der Waals surface area (Å²) in [5.41, 5.74) is 4.92. The number of aryl methyl sites for hydroxylation is 2. The summed E-state index contributed by atoms with van der Waals surface area (Å²) in [5, 5.41) is 1.01. The van der Waals surface area contributed by atoms with Gasteiger partial charge in [0.05, 0.1) is 0 Å². The summed E-state index contributed by atoms with van der Waals surface area (Å²) in [6.07, 6.45) is 0. The van der Waals surface area contributed by atoms with E-state index in [-0.39, 0.29) is 5.63 Å². The lowest BCUT2D eigenvalue weighted by Crippen LogP contribution is -2.18. The molecule has 124 valence electrons. The van der Waals surface area contributed by atoms with Crippen molar-refractivity contribution in [2.75, 3.05) is 7.05 Å². The van der Waals surface area contributed by atoms with Crippen LogP contribution in [0.25, 0.3) is 11.0 Å². The molecule has 0 aliphatic heterocycles. The first-order valence-corrected chi connectivity index (χ1v) is 8.69. The Hall–Kier alpha value is -1.91. The smallest absolute Gasteiger partial charge is 0.336 e. The van der Waals surface area contributed by atoms with Gasteiger partial charge in [0.15, 0.2) is 0 Å². The van der Waals surface area contributed by atoms with Crippen LogP contribution in [0.4, 0.5) is 0 Å². The molecule has 1 aromatic heterocycles. The summed E-state index contributed by atoms with van der Waals surface area (Å²) in [6, 6.07) is 13.8. The molecule has 0 radical (unpaired) electrons. The first-order chi connectivity index (χ1) is 11.4. The zero-order valence-electron chi connectivity index (χ0n) is 14.1. The van der Waals surface area contributed by atoms with E-state index in [2.05, 4.69) is 46.9 Å². The first-order valence-electron chi connectivity index (χ1n) is 7.90. The van der Waals surface area contributed by atoms with E-state index in [1.54, 1.807) is 6.07 Å². The summed E-state index contributed by atoms with van der Waals surface area (Å²) in [4.78, 5) is 14.1. The van der Waals surface area contributed by atoms with Crippen molar-refractivity contribution in [1.29, 1.82) is 0 Å². The van der Waals surface area contributed by atoms with E-state index >= 15 is 0 Å². The van der Waals surface area contributed by atoms with Crippen molar-refractivity contribution in [2.24, 2.45) is 0 Å². The van der Waals surface area contributed by atoms with Gasteiger partial charge in [0.2, 0.25) is 0 Å². The molecule has 0 atom stereocenters. The van der Waals surface area contributed by atoms with Crippen molar-refractivity contribution in [2.45, 2.75) is 26.9 Å². The zero-order chi connectivity index (χ0) is 17.3. The van der Waals surface area contributed by atoms with Crippen LogP contribution in [-0.2, 0) is 13.1 Å².